The average Bonchev–Trinajstić information content (AvgIpc) is 3.45. The molecule has 0 heterocycles. The van der Waals surface area contributed by atoms with Gasteiger partial charge in [0.25, 0.3) is 0 Å². The Morgan fingerprint density at radius 1 is 0.266 bits per heavy atom. The summed E-state index contributed by atoms with van der Waals surface area (Å²) >= 11 is 0. The Hall–Kier alpha value is -3.67. The van der Waals surface area contributed by atoms with Crippen LogP contribution >= 0.6 is 0 Å². The summed E-state index contributed by atoms with van der Waals surface area (Å²) in [5.74, 6) is -0.927. The quantitative estimate of drug-likeness (QED) is 0.0261. The van der Waals surface area contributed by atoms with Crippen molar-refractivity contribution in [1.82, 2.24) is 0 Å². The smallest absolute Gasteiger partial charge is 0.306 e. The molecule has 0 bridgehead atoms. The van der Waals surface area contributed by atoms with E-state index in [0.717, 1.165) is 96.3 Å². The first-order valence-corrected chi connectivity index (χ1v) is 33.7. The molecule has 6 nitrogen and oxygen atoms in total. The van der Waals surface area contributed by atoms with E-state index in [1.165, 1.54) is 193 Å². The summed E-state index contributed by atoms with van der Waals surface area (Å²) in [4.78, 5) is 38.4. The molecule has 0 aliphatic carbocycles. The molecule has 0 aliphatic heterocycles. The fraction of sp³-hybridized carbons (Fsp3) is 0.740. The van der Waals surface area contributed by atoms with Crippen LogP contribution in [0.1, 0.15) is 329 Å². The SMILES string of the molecule is CC/C=C\C/C=C\C/C=C\C/C=C\CCCCC(=O)OCC(COC(=O)CCCCCCCCCCCCC/C=C\C/C=C\CCCCCCC)OC(=O)CCCCCCCCCCCCC/C=C\C/C=C\CCCCCCC. The number of allylic oxidation sites excluding steroid dienone is 16. The van der Waals surface area contributed by atoms with Gasteiger partial charge >= 0.3 is 17.9 Å². The van der Waals surface area contributed by atoms with Crippen molar-refractivity contribution in [3.8, 4) is 0 Å². The molecule has 454 valence electrons. The molecule has 0 saturated carbocycles. The van der Waals surface area contributed by atoms with E-state index in [1.54, 1.807) is 0 Å². The molecule has 1 unspecified atom stereocenters. The highest BCUT2D eigenvalue weighted by molar-refractivity contribution is 5.71. The predicted molar refractivity (Wildman–Crippen MR) is 344 cm³/mol. The summed E-state index contributed by atoms with van der Waals surface area (Å²) in [6.45, 7) is 6.50. The number of carbonyl (C=O) groups is 3. The molecule has 79 heavy (non-hydrogen) atoms. The van der Waals surface area contributed by atoms with E-state index in [4.69, 9.17) is 14.2 Å². The van der Waals surface area contributed by atoms with Crippen molar-refractivity contribution in [2.45, 2.75) is 335 Å². The number of carbonyl (C=O) groups excluding carboxylic acids is 3. The van der Waals surface area contributed by atoms with Crippen LogP contribution in [0.25, 0.3) is 0 Å². The standard InChI is InChI=1S/C73H126O6/c1-4-7-10-13-16-19-22-25-28-30-32-34-36-38-40-42-45-48-51-54-57-60-63-66-72(75)78-69-70(68-77-71(74)65-62-59-56-53-50-47-44-27-24-21-18-15-12-9-6-3)79-73(76)67-64-61-58-55-52-49-46-43-41-39-37-35-33-31-29-26-23-20-17-14-11-8-5-2/h9,12,18,21-23,25-27,30-33,44,50,53,70H,4-8,10-11,13-17,19-20,24,28-29,34-43,45-49,51-52,54-69H2,1-3H3/b12-9-,21-18-,25-22-,26-23-,32-30-,33-31-,44-27-,53-50-. The molecule has 0 aromatic heterocycles. The third kappa shape index (κ3) is 65.0. The van der Waals surface area contributed by atoms with E-state index in [2.05, 4.69) is 118 Å². The lowest BCUT2D eigenvalue weighted by Crippen LogP contribution is -2.30. The lowest BCUT2D eigenvalue weighted by Gasteiger charge is -2.18. The Balaban J connectivity index is 4.37. The highest BCUT2D eigenvalue weighted by Crippen LogP contribution is 2.16. The van der Waals surface area contributed by atoms with Gasteiger partial charge < -0.3 is 14.2 Å². The average molecular weight is 1100 g/mol. The molecule has 0 rings (SSSR count). The highest BCUT2D eigenvalue weighted by Gasteiger charge is 2.19. The molecule has 6 heteroatoms. The summed E-state index contributed by atoms with van der Waals surface area (Å²) < 4.78 is 16.9. The van der Waals surface area contributed by atoms with Gasteiger partial charge in [-0.05, 0) is 122 Å². The normalized spacial score (nSPS) is 12.7. The Labute approximate surface area is 489 Å². The maximum absolute atomic E-state index is 12.9. The maximum Gasteiger partial charge on any atom is 0.306 e. The minimum absolute atomic E-state index is 0.0917. The number of ether oxygens (including phenoxy) is 3. The number of esters is 3. The Morgan fingerprint density at radius 2 is 0.494 bits per heavy atom. The van der Waals surface area contributed by atoms with Crippen LogP contribution in [0.3, 0.4) is 0 Å². The molecular formula is C73H126O6. The molecule has 0 amide bonds. The summed E-state index contributed by atoms with van der Waals surface area (Å²) in [7, 11) is 0. The number of hydrogen-bond donors (Lipinski definition) is 0. The second kappa shape index (κ2) is 66.8. The van der Waals surface area contributed by atoms with Crippen LogP contribution in [0.4, 0.5) is 0 Å². The summed E-state index contributed by atoms with van der Waals surface area (Å²) in [6, 6.07) is 0. The topological polar surface area (TPSA) is 78.9 Å². The molecule has 0 aliphatic rings. The minimum atomic E-state index is -0.799. The fourth-order valence-corrected chi connectivity index (χ4v) is 9.50. The highest BCUT2D eigenvalue weighted by atomic mass is 16.6. The van der Waals surface area contributed by atoms with E-state index < -0.39 is 6.10 Å². The zero-order valence-corrected chi connectivity index (χ0v) is 52.1. The van der Waals surface area contributed by atoms with Gasteiger partial charge in [0.15, 0.2) is 6.10 Å². The third-order valence-electron chi connectivity index (χ3n) is 14.5. The molecule has 0 saturated heterocycles. The van der Waals surface area contributed by atoms with E-state index in [1.807, 2.05) is 0 Å². The Kier molecular flexibility index (Phi) is 63.7. The van der Waals surface area contributed by atoms with E-state index in [-0.39, 0.29) is 31.1 Å². The summed E-state index contributed by atoms with van der Waals surface area (Å²) in [5.41, 5.74) is 0. The number of rotatable bonds is 61. The first-order chi connectivity index (χ1) is 39.0. The van der Waals surface area contributed by atoms with Gasteiger partial charge in [-0.25, -0.2) is 0 Å². The lowest BCUT2D eigenvalue weighted by atomic mass is 10.0. The van der Waals surface area contributed by atoms with E-state index in [0.29, 0.717) is 19.3 Å². The lowest BCUT2D eigenvalue weighted by molar-refractivity contribution is -0.167. The summed E-state index contributed by atoms with van der Waals surface area (Å²) in [5, 5.41) is 0. The maximum atomic E-state index is 12.9. The van der Waals surface area contributed by atoms with Crippen molar-refractivity contribution in [3.63, 3.8) is 0 Å². The minimum Gasteiger partial charge on any atom is -0.462 e. The first-order valence-electron chi connectivity index (χ1n) is 33.7. The fourth-order valence-electron chi connectivity index (χ4n) is 9.50. The van der Waals surface area contributed by atoms with Crippen LogP contribution in [-0.2, 0) is 28.6 Å². The summed E-state index contributed by atoms with van der Waals surface area (Å²) in [6.07, 6.45) is 89.9. The van der Waals surface area contributed by atoms with Gasteiger partial charge in [-0.3, -0.25) is 14.4 Å². The molecule has 0 aromatic rings. The second-order valence-corrected chi connectivity index (χ2v) is 22.3. The Morgan fingerprint density at radius 3 is 0.797 bits per heavy atom. The second-order valence-electron chi connectivity index (χ2n) is 22.3. The predicted octanol–water partition coefficient (Wildman–Crippen LogP) is 23.2. The molecule has 1 atom stereocenters. The van der Waals surface area contributed by atoms with Crippen molar-refractivity contribution in [2.24, 2.45) is 0 Å². The van der Waals surface area contributed by atoms with Gasteiger partial charge in [-0.15, -0.1) is 0 Å². The molecule has 0 N–H and O–H groups in total. The van der Waals surface area contributed by atoms with Crippen LogP contribution in [0, 0.1) is 0 Å². The van der Waals surface area contributed by atoms with E-state index in [9.17, 15) is 14.4 Å². The van der Waals surface area contributed by atoms with Crippen LogP contribution in [0.15, 0.2) is 97.2 Å². The van der Waals surface area contributed by atoms with Gasteiger partial charge in [-0.1, -0.05) is 285 Å². The number of unbranched alkanes of at least 4 members (excludes halogenated alkanes) is 34. The molecule has 0 aromatic carbocycles. The van der Waals surface area contributed by atoms with Crippen LogP contribution < -0.4 is 0 Å². The molecular weight excluding hydrogens is 973 g/mol. The van der Waals surface area contributed by atoms with Gasteiger partial charge in [0, 0.05) is 19.3 Å². The van der Waals surface area contributed by atoms with Gasteiger partial charge in [0.2, 0.25) is 0 Å². The van der Waals surface area contributed by atoms with Crippen LogP contribution in [0.5, 0.6) is 0 Å². The molecule has 0 spiro atoms. The zero-order valence-electron chi connectivity index (χ0n) is 52.1. The third-order valence-corrected chi connectivity index (χ3v) is 14.5. The van der Waals surface area contributed by atoms with Crippen molar-refractivity contribution in [1.29, 1.82) is 0 Å². The van der Waals surface area contributed by atoms with Crippen molar-refractivity contribution in [2.75, 3.05) is 13.2 Å². The number of hydrogen-bond acceptors (Lipinski definition) is 6. The largest absolute Gasteiger partial charge is 0.462 e. The van der Waals surface area contributed by atoms with Crippen molar-refractivity contribution in [3.05, 3.63) is 97.2 Å². The van der Waals surface area contributed by atoms with Crippen molar-refractivity contribution < 1.29 is 28.6 Å². The van der Waals surface area contributed by atoms with Gasteiger partial charge in [-0.2, -0.15) is 0 Å². The van der Waals surface area contributed by atoms with Crippen molar-refractivity contribution >= 4 is 17.9 Å². The monoisotopic (exact) mass is 1100 g/mol. The van der Waals surface area contributed by atoms with Crippen LogP contribution in [0.2, 0.25) is 0 Å². The van der Waals surface area contributed by atoms with Crippen LogP contribution in [-0.4, -0.2) is 37.2 Å². The Bertz CT molecular complexity index is 1540. The molecule has 0 radical (unpaired) electrons. The first kappa shape index (κ1) is 75.3. The van der Waals surface area contributed by atoms with Gasteiger partial charge in [0.05, 0.1) is 0 Å². The van der Waals surface area contributed by atoms with Gasteiger partial charge in [0.1, 0.15) is 13.2 Å². The van der Waals surface area contributed by atoms with E-state index >= 15 is 0 Å². The molecule has 0 fully saturated rings. The zero-order chi connectivity index (χ0) is 57.1.